The Labute approximate surface area is 178 Å². The molecule has 4 rings (SSSR count). The highest BCUT2D eigenvalue weighted by molar-refractivity contribution is 9.10. The zero-order valence-corrected chi connectivity index (χ0v) is 17.9. The maximum Gasteiger partial charge on any atom is 0.340 e. The number of halogens is 1. The molecular weight excluding hydrogens is 432 g/mol. The largest absolute Gasteiger partial charge is 0.369 e. The quantitative estimate of drug-likeness (QED) is 0.578. The number of hydrogen-bond donors (Lipinski definition) is 2. The third-order valence-corrected chi connectivity index (χ3v) is 5.91. The van der Waals surface area contributed by atoms with Gasteiger partial charge in [-0.1, -0.05) is 58.4 Å². The van der Waals surface area contributed by atoms with Crippen molar-refractivity contribution in [1.82, 2.24) is 20.1 Å². The van der Waals surface area contributed by atoms with Crippen molar-refractivity contribution in [3.63, 3.8) is 0 Å². The van der Waals surface area contributed by atoms with Gasteiger partial charge in [-0.15, -0.1) is 0 Å². The SMILES string of the molecule is CC(OC1CCCN(Cc2n[nH]c(=O)[nH]2)C1c1ccccc1)c1cccc(Br)c1. The fourth-order valence-electron chi connectivity index (χ4n) is 4.10. The standard InChI is InChI=1S/C22H25BrN4O2/c1-15(17-9-5-10-18(23)13-17)29-19-11-6-12-27(14-20-24-22(28)26-25-20)21(19)16-7-3-2-4-8-16/h2-5,7-10,13,15,19,21H,6,11-12,14H2,1H3,(H2,24,25,26,28). The van der Waals surface area contributed by atoms with Gasteiger partial charge in [0.05, 0.1) is 24.8 Å². The van der Waals surface area contributed by atoms with E-state index in [2.05, 4.69) is 79.3 Å². The van der Waals surface area contributed by atoms with Gasteiger partial charge in [0.1, 0.15) is 5.82 Å². The molecule has 1 fully saturated rings. The molecule has 0 amide bonds. The smallest absolute Gasteiger partial charge is 0.340 e. The van der Waals surface area contributed by atoms with Crippen LogP contribution in [0.4, 0.5) is 0 Å². The molecule has 2 aromatic carbocycles. The number of ether oxygens (including phenoxy) is 1. The highest BCUT2D eigenvalue weighted by Crippen LogP contribution is 2.37. The van der Waals surface area contributed by atoms with E-state index in [4.69, 9.17) is 4.74 Å². The summed E-state index contributed by atoms with van der Waals surface area (Å²) in [5.74, 6) is 0.650. The van der Waals surface area contributed by atoms with E-state index in [1.165, 1.54) is 5.56 Å². The summed E-state index contributed by atoms with van der Waals surface area (Å²) in [5, 5.41) is 6.56. The summed E-state index contributed by atoms with van der Waals surface area (Å²) in [6.45, 7) is 3.61. The average Bonchev–Trinajstić information content (AvgIpc) is 3.13. The van der Waals surface area contributed by atoms with Gasteiger partial charge in [0.25, 0.3) is 0 Å². The van der Waals surface area contributed by atoms with Gasteiger partial charge < -0.3 is 4.74 Å². The van der Waals surface area contributed by atoms with Crippen LogP contribution in [0.15, 0.2) is 63.9 Å². The molecule has 0 saturated carbocycles. The van der Waals surface area contributed by atoms with Gasteiger partial charge in [0.2, 0.25) is 0 Å². The van der Waals surface area contributed by atoms with Crippen molar-refractivity contribution in [2.24, 2.45) is 0 Å². The Kier molecular flexibility index (Phi) is 6.28. The van der Waals surface area contributed by atoms with Gasteiger partial charge in [-0.25, -0.2) is 9.89 Å². The summed E-state index contributed by atoms with van der Waals surface area (Å²) in [5.41, 5.74) is 2.10. The number of aromatic amines is 2. The zero-order chi connectivity index (χ0) is 20.2. The Morgan fingerprint density at radius 1 is 1.24 bits per heavy atom. The number of nitrogens with one attached hydrogen (secondary N) is 2. The van der Waals surface area contributed by atoms with E-state index in [9.17, 15) is 4.79 Å². The molecule has 29 heavy (non-hydrogen) atoms. The van der Waals surface area contributed by atoms with Gasteiger partial charge in [-0.3, -0.25) is 9.88 Å². The van der Waals surface area contributed by atoms with E-state index in [0.29, 0.717) is 12.4 Å². The molecule has 0 bridgehead atoms. The molecule has 7 heteroatoms. The van der Waals surface area contributed by atoms with Crippen molar-refractivity contribution in [2.45, 2.75) is 44.6 Å². The maximum absolute atomic E-state index is 11.5. The van der Waals surface area contributed by atoms with Gasteiger partial charge >= 0.3 is 5.69 Å². The highest BCUT2D eigenvalue weighted by atomic mass is 79.9. The topological polar surface area (TPSA) is 74.0 Å². The predicted molar refractivity (Wildman–Crippen MR) is 115 cm³/mol. The van der Waals surface area contributed by atoms with Crippen LogP contribution in [0.1, 0.15) is 48.9 Å². The fourth-order valence-corrected chi connectivity index (χ4v) is 4.51. The third kappa shape index (κ3) is 4.86. The molecular formula is C22H25BrN4O2. The van der Waals surface area contributed by atoms with Crippen molar-refractivity contribution in [1.29, 1.82) is 0 Å². The molecule has 0 radical (unpaired) electrons. The van der Waals surface area contributed by atoms with Gasteiger partial charge in [0, 0.05) is 4.47 Å². The lowest BCUT2D eigenvalue weighted by atomic mass is 9.92. The molecule has 0 aliphatic carbocycles. The van der Waals surface area contributed by atoms with Crippen molar-refractivity contribution in [3.8, 4) is 0 Å². The van der Waals surface area contributed by atoms with E-state index in [1.54, 1.807) is 0 Å². The zero-order valence-electron chi connectivity index (χ0n) is 16.3. The summed E-state index contributed by atoms with van der Waals surface area (Å²) >= 11 is 3.55. The monoisotopic (exact) mass is 456 g/mol. The Morgan fingerprint density at radius 3 is 2.79 bits per heavy atom. The van der Waals surface area contributed by atoms with Crippen LogP contribution in [0.3, 0.4) is 0 Å². The van der Waals surface area contributed by atoms with Crippen LogP contribution in [0.2, 0.25) is 0 Å². The first kappa shape index (κ1) is 20.1. The second-order valence-corrected chi connectivity index (χ2v) is 8.38. The first-order valence-electron chi connectivity index (χ1n) is 9.93. The molecule has 152 valence electrons. The normalized spacial score (nSPS) is 21.2. The van der Waals surface area contributed by atoms with E-state index in [0.717, 1.165) is 29.4 Å². The molecule has 1 aromatic heterocycles. The minimum absolute atomic E-state index is 0.0196. The summed E-state index contributed by atoms with van der Waals surface area (Å²) in [4.78, 5) is 16.6. The number of rotatable bonds is 6. The minimum atomic E-state index is -0.274. The molecule has 2 heterocycles. The Morgan fingerprint density at radius 2 is 2.07 bits per heavy atom. The number of benzene rings is 2. The molecule has 3 unspecified atom stereocenters. The van der Waals surface area contributed by atoms with Crippen LogP contribution in [-0.4, -0.2) is 32.7 Å². The van der Waals surface area contributed by atoms with Crippen molar-refractivity contribution in [3.05, 3.63) is 86.5 Å². The molecule has 1 saturated heterocycles. The van der Waals surface area contributed by atoms with Crippen molar-refractivity contribution < 1.29 is 4.74 Å². The first-order chi connectivity index (χ1) is 14.1. The number of nitrogens with zero attached hydrogens (tertiary/aromatic N) is 2. The number of likely N-dealkylation sites (tertiary alicyclic amines) is 1. The Bertz CT molecular complexity index is 987. The number of hydrogen-bond acceptors (Lipinski definition) is 4. The molecule has 1 aliphatic rings. The number of piperidine rings is 1. The van der Waals surface area contributed by atoms with Crippen molar-refractivity contribution in [2.75, 3.05) is 6.54 Å². The van der Waals surface area contributed by atoms with Crippen LogP contribution < -0.4 is 5.69 Å². The lowest BCUT2D eigenvalue weighted by Gasteiger charge is -2.42. The second-order valence-electron chi connectivity index (χ2n) is 7.46. The summed E-state index contributed by atoms with van der Waals surface area (Å²) in [6.07, 6.45) is 2.05. The van der Waals surface area contributed by atoms with Crippen LogP contribution in [-0.2, 0) is 11.3 Å². The van der Waals surface area contributed by atoms with Gasteiger partial charge in [-0.05, 0) is 49.6 Å². The molecule has 2 N–H and O–H groups in total. The second kappa shape index (κ2) is 9.07. The highest BCUT2D eigenvalue weighted by Gasteiger charge is 2.35. The number of aromatic nitrogens is 3. The molecule has 3 atom stereocenters. The number of H-pyrrole nitrogens is 2. The molecule has 1 aliphatic heterocycles. The fraction of sp³-hybridized carbons (Fsp3) is 0.364. The Balaban J connectivity index is 1.59. The maximum atomic E-state index is 11.5. The third-order valence-electron chi connectivity index (χ3n) is 5.42. The average molecular weight is 457 g/mol. The van der Waals surface area contributed by atoms with Crippen LogP contribution in [0.25, 0.3) is 0 Å². The minimum Gasteiger partial charge on any atom is -0.369 e. The van der Waals surface area contributed by atoms with Crippen molar-refractivity contribution >= 4 is 15.9 Å². The van der Waals surface area contributed by atoms with E-state index >= 15 is 0 Å². The lowest BCUT2D eigenvalue weighted by molar-refractivity contribution is -0.0808. The summed E-state index contributed by atoms with van der Waals surface area (Å²) in [7, 11) is 0. The Hall–Kier alpha value is -2.22. The summed E-state index contributed by atoms with van der Waals surface area (Å²) < 4.78 is 7.66. The molecule has 0 spiro atoms. The van der Waals surface area contributed by atoms with Crippen LogP contribution >= 0.6 is 15.9 Å². The van der Waals surface area contributed by atoms with E-state index in [1.807, 2.05) is 18.2 Å². The predicted octanol–water partition coefficient (Wildman–Crippen LogP) is 4.34. The lowest BCUT2D eigenvalue weighted by Crippen LogP contribution is -2.43. The first-order valence-corrected chi connectivity index (χ1v) is 10.7. The van der Waals surface area contributed by atoms with E-state index in [-0.39, 0.29) is 23.9 Å². The van der Waals surface area contributed by atoms with Gasteiger partial charge in [-0.2, -0.15) is 5.10 Å². The van der Waals surface area contributed by atoms with E-state index < -0.39 is 0 Å². The van der Waals surface area contributed by atoms with Gasteiger partial charge in [0.15, 0.2) is 0 Å². The molecule has 3 aromatic rings. The molecule has 6 nitrogen and oxygen atoms in total. The van der Waals surface area contributed by atoms with Crippen LogP contribution in [0, 0.1) is 0 Å². The summed E-state index contributed by atoms with van der Waals surface area (Å²) in [6, 6.07) is 18.8. The van der Waals surface area contributed by atoms with Crippen LogP contribution in [0.5, 0.6) is 0 Å².